The quantitative estimate of drug-likeness (QED) is 0.548. The normalized spacial score (nSPS) is 10.9. The number of amides is 3. The maximum Gasteiger partial charge on any atom is 0.407 e. The fourth-order valence-corrected chi connectivity index (χ4v) is 2.81. The molecule has 0 aliphatic heterocycles. The smallest absolute Gasteiger partial charge is 0.407 e. The summed E-state index contributed by atoms with van der Waals surface area (Å²) in [6.07, 6.45) is -0.505. The number of rotatable bonds is 7. The van der Waals surface area contributed by atoms with E-state index in [2.05, 4.69) is 16.0 Å². The Morgan fingerprint density at radius 3 is 2.35 bits per heavy atom. The van der Waals surface area contributed by atoms with Crippen LogP contribution in [0.25, 0.3) is 0 Å². The molecule has 0 unspecified atom stereocenters. The molecule has 0 fully saturated rings. The Morgan fingerprint density at radius 2 is 1.68 bits per heavy atom. The Labute approximate surface area is 191 Å². The highest BCUT2D eigenvalue weighted by Gasteiger charge is 2.16. The number of ether oxygens (including phenoxy) is 1. The zero-order chi connectivity index (χ0) is 23.0. The van der Waals surface area contributed by atoms with Gasteiger partial charge in [0, 0.05) is 30.8 Å². The van der Waals surface area contributed by atoms with Gasteiger partial charge in [0.15, 0.2) is 0 Å². The van der Waals surface area contributed by atoms with Gasteiger partial charge in [-0.3, -0.25) is 9.59 Å². The highest BCUT2D eigenvalue weighted by Crippen LogP contribution is 2.22. The SMILES string of the molecule is CC(C)(C)OC(=O)NCCC(=O)Nc1ccccc1CNC(=O)c1ccc(Cl)c(Cl)c1. The average molecular weight is 466 g/mol. The van der Waals surface area contributed by atoms with Crippen molar-refractivity contribution < 1.29 is 19.1 Å². The molecule has 0 aromatic heterocycles. The monoisotopic (exact) mass is 465 g/mol. The molecule has 0 aliphatic carbocycles. The first kappa shape index (κ1) is 24.5. The second-order valence-electron chi connectivity index (χ2n) is 7.70. The second-order valence-corrected chi connectivity index (χ2v) is 8.51. The number of benzene rings is 2. The van der Waals surface area contributed by atoms with Gasteiger partial charge in [-0.05, 0) is 50.6 Å². The van der Waals surface area contributed by atoms with Crippen molar-refractivity contribution in [1.82, 2.24) is 10.6 Å². The van der Waals surface area contributed by atoms with Crippen molar-refractivity contribution in [3.63, 3.8) is 0 Å². The number of halogens is 2. The summed E-state index contributed by atoms with van der Waals surface area (Å²) in [4.78, 5) is 36.2. The Morgan fingerprint density at radius 1 is 0.968 bits per heavy atom. The topological polar surface area (TPSA) is 96.5 Å². The van der Waals surface area contributed by atoms with Crippen LogP contribution in [0.2, 0.25) is 10.0 Å². The molecule has 9 heteroatoms. The molecule has 0 saturated carbocycles. The second kappa shape index (κ2) is 11.0. The van der Waals surface area contributed by atoms with Gasteiger partial charge >= 0.3 is 6.09 Å². The van der Waals surface area contributed by atoms with E-state index in [1.165, 1.54) is 6.07 Å². The van der Waals surface area contributed by atoms with Gasteiger partial charge in [-0.25, -0.2) is 4.79 Å². The Kier molecular flexibility index (Phi) is 8.71. The van der Waals surface area contributed by atoms with E-state index in [1.54, 1.807) is 57.2 Å². The molecule has 166 valence electrons. The molecule has 0 aliphatic rings. The molecule has 2 aromatic rings. The Hall–Kier alpha value is -2.77. The largest absolute Gasteiger partial charge is 0.444 e. The first-order valence-electron chi connectivity index (χ1n) is 9.63. The van der Waals surface area contributed by atoms with E-state index in [0.717, 1.165) is 5.56 Å². The predicted molar refractivity (Wildman–Crippen MR) is 122 cm³/mol. The van der Waals surface area contributed by atoms with Crippen LogP contribution in [0.4, 0.5) is 10.5 Å². The van der Waals surface area contributed by atoms with Crippen molar-refractivity contribution in [1.29, 1.82) is 0 Å². The van der Waals surface area contributed by atoms with Gasteiger partial charge in [-0.15, -0.1) is 0 Å². The first-order valence-corrected chi connectivity index (χ1v) is 10.4. The molecule has 3 N–H and O–H groups in total. The molecule has 31 heavy (non-hydrogen) atoms. The number of hydrogen-bond donors (Lipinski definition) is 3. The molecule has 0 radical (unpaired) electrons. The molecule has 0 spiro atoms. The number of para-hydroxylation sites is 1. The van der Waals surface area contributed by atoms with E-state index in [0.29, 0.717) is 21.3 Å². The molecule has 0 heterocycles. The number of anilines is 1. The molecular formula is C22H25Cl2N3O4. The molecular weight excluding hydrogens is 441 g/mol. The van der Waals surface area contributed by atoms with Gasteiger partial charge < -0.3 is 20.7 Å². The van der Waals surface area contributed by atoms with Crippen LogP contribution in [0.1, 0.15) is 43.1 Å². The summed E-state index contributed by atoms with van der Waals surface area (Å²) in [6, 6.07) is 11.7. The standard InChI is InChI=1S/C22H25Cl2N3O4/c1-22(2,3)31-21(30)25-11-10-19(28)27-18-7-5-4-6-15(18)13-26-20(29)14-8-9-16(23)17(24)12-14/h4-9,12H,10-11,13H2,1-3H3,(H,25,30)(H,26,29)(H,27,28). The Bertz CT molecular complexity index is 958. The van der Waals surface area contributed by atoms with Crippen LogP contribution in [-0.4, -0.2) is 30.1 Å². The lowest BCUT2D eigenvalue weighted by molar-refractivity contribution is -0.116. The average Bonchev–Trinajstić information content (AvgIpc) is 2.67. The van der Waals surface area contributed by atoms with E-state index >= 15 is 0 Å². The van der Waals surface area contributed by atoms with E-state index in [4.69, 9.17) is 27.9 Å². The lowest BCUT2D eigenvalue weighted by atomic mass is 10.1. The van der Waals surface area contributed by atoms with E-state index in [9.17, 15) is 14.4 Å². The maximum atomic E-state index is 12.4. The number of carbonyl (C=O) groups excluding carboxylic acids is 3. The van der Waals surface area contributed by atoms with Crippen LogP contribution in [0.5, 0.6) is 0 Å². The summed E-state index contributed by atoms with van der Waals surface area (Å²) in [5.41, 5.74) is 1.07. The Balaban J connectivity index is 1.88. The highest BCUT2D eigenvalue weighted by atomic mass is 35.5. The summed E-state index contributed by atoms with van der Waals surface area (Å²) in [5.74, 6) is -0.597. The zero-order valence-corrected chi connectivity index (χ0v) is 19.1. The van der Waals surface area contributed by atoms with Gasteiger partial charge in [0.25, 0.3) is 5.91 Å². The van der Waals surface area contributed by atoms with Crippen LogP contribution in [0.15, 0.2) is 42.5 Å². The fourth-order valence-electron chi connectivity index (χ4n) is 2.52. The van der Waals surface area contributed by atoms with Crippen LogP contribution >= 0.6 is 23.2 Å². The van der Waals surface area contributed by atoms with Crippen molar-refractivity contribution in [3.05, 3.63) is 63.6 Å². The number of nitrogens with one attached hydrogen (secondary N) is 3. The molecule has 0 atom stereocenters. The van der Waals surface area contributed by atoms with Crippen molar-refractivity contribution in [2.75, 3.05) is 11.9 Å². The molecule has 3 amide bonds. The van der Waals surface area contributed by atoms with E-state index in [1.807, 2.05) is 0 Å². The van der Waals surface area contributed by atoms with Crippen molar-refractivity contribution in [2.45, 2.75) is 39.3 Å². The van der Waals surface area contributed by atoms with Crippen LogP contribution < -0.4 is 16.0 Å². The van der Waals surface area contributed by atoms with Crippen LogP contribution in [-0.2, 0) is 16.1 Å². The van der Waals surface area contributed by atoms with Gasteiger partial charge in [-0.1, -0.05) is 41.4 Å². The zero-order valence-electron chi connectivity index (χ0n) is 17.6. The minimum Gasteiger partial charge on any atom is -0.444 e. The summed E-state index contributed by atoms with van der Waals surface area (Å²) >= 11 is 11.8. The van der Waals surface area contributed by atoms with Crippen molar-refractivity contribution >= 4 is 46.8 Å². The maximum absolute atomic E-state index is 12.4. The van der Waals surface area contributed by atoms with Crippen LogP contribution in [0.3, 0.4) is 0 Å². The van der Waals surface area contributed by atoms with Crippen molar-refractivity contribution in [2.24, 2.45) is 0 Å². The molecule has 7 nitrogen and oxygen atoms in total. The number of alkyl carbamates (subject to hydrolysis) is 1. The fraction of sp³-hybridized carbons (Fsp3) is 0.318. The lowest BCUT2D eigenvalue weighted by Crippen LogP contribution is -2.34. The first-order chi connectivity index (χ1) is 14.5. The van der Waals surface area contributed by atoms with E-state index in [-0.39, 0.29) is 31.3 Å². The van der Waals surface area contributed by atoms with Crippen molar-refractivity contribution in [3.8, 4) is 0 Å². The van der Waals surface area contributed by atoms with Crippen LogP contribution in [0, 0.1) is 0 Å². The summed E-state index contributed by atoms with van der Waals surface area (Å²) in [6.45, 7) is 5.62. The molecule has 2 aromatic carbocycles. The third-order valence-corrected chi connectivity index (χ3v) is 4.67. The third-order valence-electron chi connectivity index (χ3n) is 3.93. The number of hydrogen-bond acceptors (Lipinski definition) is 4. The van der Waals surface area contributed by atoms with E-state index < -0.39 is 11.7 Å². The third kappa shape index (κ3) is 8.47. The molecule has 0 saturated heterocycles. The van der Waals surface area contributed by atoms with Gasteiger partial charge in [-0.2, -0.15) is 0 Å². The lowest BCUT2D eigenvalue weighted by Gasteiger charge is -2.19. The molecule has 0 bridgehead atoms. The van der Waals surface area contributed by atoms with Gasteiger partial charge in [0.1, 0.15) is 5.60 Å². The summed E-state index contributed by atoms with van der Waals surface area (Å²) in [7, 11) is 0. The minimum absolute atomic E-state index is 0.0726. The number of carbonyl (C=O) groups is 3. The van der Waals surface area contributed by atoms with Gasteiger partial charge in [0.05, 0.1) is 10.0 Å². The highest BCUT2D eigenvalue weighted by molar-refractivity contribution is 6.42. The molecule has 2 rings (SSSR count). The predicted octanol–water partition coefficient (Wildman–Crippen LogP) is 4.78. The minimum atomic E-state index is -0.604. The summed E-state index contributed by atoms with van der Waals surface area (Å²) in [5, 5.41) is 8.78. The van der Waals surface area contributed by atoms with Gasteiger partial charge in [0.2, 0.25) is 5.91 Å². The summed E-state index contributed by atoms with van der Waals surface area (Å²) < 4.78 is 5.12.